The Hall–Kier alpha value is -1.35. The SMILES string of the molecule is Cc1nnc(CN=C(NC2CC2)N(C)Cc2cccc(Cl)c2)n1C.I. The van der Waals surface area contributed by atoms with Crippen LogP contribution in [0.15, 0.2) is 29.3 Å². The van der Waals surface area contributed by atoms with E-state index in [1.54, 1.807) is 0 Å². The van der Waals surface area contributed by atoms with Gasteiger partial charge in [-0.3, -0.25) is 0 Å². The van der Waals surface area contributed by atoms with Crippen LogP contribution in [0.1, 0.15) is 30.1 Å². The number of nitrogens with one attached hydrogen (secondary N) is 1. The first-order chi connectivity index (χ1) is 11.5. The Bertz CT molecular complexity index is 740. The first kappa shape index (κ1) is 20.0. The molecule has 1 heterocycles. The first-order valence-electron chi connectivity index (χ1n) is 8.14. The van der Waals surface area contributed by atoms with Gasteiger partial charge in [-0.25, -0.2) is 4.99 Å². The number of hydrogen-bond acceptors (Lipinski definition) is 3. The van der Waals surface area contributed by atoms with E-state index in [0.717, 1.165) is 34.7 Å². The second-order valence-corrected chi connectivity index (χ2v) is 6.70. The molecule has 0 atom stereocenters. The predicted octanol–water partition coefficient (Wildman–Crippen LogP) is 3.13. The maximum Gasteiger partial charge on any atom is 0.194 e. The summed E-state index contributed by atoms with van der Waals surface area (Å²) in [5.74, 6) is 2.64. The van der Waals surface area contributed by atoms with Gasteiger partial charge in [0.2, 0.25) is 0 Å². The number of aryl methyl sites for hydroxylation is 1. The van der Waals surface area contributed by atoms with E-state index >= 15 is 0 Å². The fourth-order valence-corrected chi connectivity index (χ4v) is 2.62. The molecule has 1 saturated carbocycles. The number of aromatic nitrogens is 3. The van der Waals surface area contributed by atoms with Crippen LogP contribution in [0.25, 0.3) is 0 Å². The highest BCUT2D eigenvalue weighted by atomic mass is 127. The van der Waals surface area contributed by atoms with Gasteiger partial charge in [-0.05, 0) is 37.5 Å². The molecule has 1 aromatic heterocycles. The van der Waals surface area contributed by atoms with Crippen LogP contribution in [-0.4, -0.2) is 38.7 Å². The molecular formula is C17H24ClIN6. The summed E-state index contributed by atoms with van der Waals surface area (Å²) < 4.78 is 1.97. The molecule has 25 heavy (non-hydrogen) atoms. The second-order valence-electron chi connectivity index (χ2n) is 6.27. The van der Waals surface area contributed by atoms with Crippen LogP contribution in [-0.2, 0) is 20.1 Å². The van der Waals surface area contributed by atoms with E-state index in [-0.39, 0.29) is 24.0 Å². The molecule has 2 aromatic rings. The lowest BCUT2D eigenvalue weighted by atomic mass is 10.2. The van der Waals surface area contributed by atoms with Crippen molar-refractivity contribution in [2.75, 3.05) is 7.05 Å². The summed E-state index contributed by atoms with van der Waals surface area (Å²) in [7, 11) is 4.00. The van der Waals surface area contributed by atoms with Gasteiger partial charge in [-0.2, -0.15) is 0 Å². The molecule has 0 bridgehead atoms. The molecule has 0 radical (unpaired) electrons. The highest BCUT2D eigenvalue weighted by molar-refractivity contribution is 14.0. The third-order valence-corrected chi connectivity index (χ3v) is 4.37. The van der Waals surface area contributed by atoms with Crippen molar-refractivity contribution in [1.29, 1.82) is 0 Å². The molecule has 0 spiro atoms. The molecule has 1 aliphatic rings. The molecule has 1 fully saturated rings. The summed E-state index contributed by atoms with van der Waals surface area (Å²) in [6, 6.07) is 8.45. The Kier molecular flexibility index (Phi) is 7.06. The van der Waals surface area contributed by atoms with Gasteiger partial charge in [0.15, 0.2) is 11.8 Å². The van der Waals surface area contributed by atoms with Crippen LogP contribution in [0.4, 0.5) is 0 Å². The van der Waals surface area contributed by atoms with Crippen molar-refractivity contribution in [3.8, 4) is 0 Å². The van der Waals surface area contributed by atoms with Crippen LogP contribution in [0, 0.1) is 6.92 Å². The van der Waals surface area contributed by atoms with Crippen molar-refractivity contribution in [2.45, 2.75) is 38.9 Å². The second kappa shape index (κ2) is 8.84. The number of nitrogens with zero attached hydrogens (tertiary/aromatic N) is 5. The van der Waals surface area contributed by atoms with Gasteiger partial charge in [-0.15, -0.1) is 34.2 Å². The molecular weight excluding hydrogens is 451 g/mol. The summed E-state index contributed by atoms with van der Waals surface area (Å²) in [4.78, 5) is 6.86. The number of guanidine groups is 1. The van der Waals surface area contributed by atoms with Gasteiger partial charge >= 0.3 is 0 Å². The molecule has 136 valence electrons. The monoisotopic (exact) mass is 474 g/mol. The Labute approximate surface area is 170 Å². The number of aliphatic imine (C=N–C) groups is 1. The highest BCUT2D eigenvalue weighted by Gasteiger charge is 2.24. The fourth-order valence-electron chi connectivity index (χ4n) is 2.41. The van der Waals surface area contributed by atoms with Crippen molar-refractivity contribution < 1.29 is 0 Å². The maximum absolute atomic E-state index is 6.08. The summed E-state index contributed by atoms with van der Waals surface area (Å²) in [6.45, 7) is 3.19. The minimum absolute atomic E-state index is 0. The predicted molar refractivity (Wildman–Crippen MR) is 111 cm³/mol. The number of benzene rings is 1. The lowest BCUT2D eigenvalue weighted by molar-refractivity contribution is 0.473. The van der Waals surface area contributed by atoms with E-state index in [1.165, 1.54) is 12.8 Å². The van der Waals surface area contributed by atoms with Crippen LogP contribution in [0.3, 0.4) is 0 Å². The van der Waals surface area contributed by atoms with Crippen LogP contribution < -0.4 is 5.32 Å². The normalized spacial score (nSPS) is 14.2. The summed E-state index contributed by atoms with van der Waals surface area (Å²) in [6.07, 6.45) is 2.40. The Morgan fingerprint density at radius 3 is 2.76 bits per heavy atom. The maximum atomic E-state index is 6.08. The molecule has 0 aliphatic heterocycles. The van der Waals surface area contributed by atoms with Crippen LogP contribution >= 0.6 is 35.6 Å². The Morgan fingerprint density at radius 2 is 2.16 bits per heavy atom. The topological polar surface area (TPSA) is 58.3 Å². The fraction of sp³-hybridized carbons (Fsp3) is 0.471. The molecule has 1 aliphatic carbocycles. The number of hydrogen-bond donors (Lipinski definition) is 1. The molecule has 1 aromatic carbocycles. The van der Waals surface area contributed by atoms with E-state index < -0.39 is 0 Å². The smallest absolute Gasteiger partial charge is 0.194 e. The van der Waals surface area contributed by atoms with Gasteiger partial charge in [-0.1, -0.05) is 23.7 Å². The van der Waals surface area contributed by atoms with E-state index in [0.29, 0.717) is 12.6 Å². The van der Waals surface area contributed by atoms with Gasteiger partial charge in [0.1, 0.15) is 12.4 Å². The zero-order valence-corrected chi connectivity index (χ0v) is 17.8. The van der Waals surface area contributed by atoms with Crippen molar-refractivity contribution in [2.24, 2.45) is 12.0 Å². The zero-order valence-electron chi connectivity index (χ0n) is 14.7. The van der Waals surface area contributed by atoms with Crippen molar-refractivity contribution in [3.05, 3.63) is 46.5 Å². The van der Waals surface area contributed by atoms with Gasteiger partial charge < -0.3 is 14.8 Å². The molecule has 3 rings (SSSR count). The summed E-state index contributed by atoms with van der Waals surface area (Å²) in [5.41, 5.74) is 1.16. The summed E-state index contributed by atoms with van der Waals surface area (Å²) >= 11 is 6.08. The van der Waals surface area contributed by atoms with Gasteiger partial charge in [0, 0.05) is 31.7 Å². The summed E-state index contributed by atoms with van der Waals surface area (Å²) in [5, 5.41) is 12.5. The zero-order chi connectivity index (χ0) is 17.1. The number of rotatable bonds is 5. The largest absolute Gasteiger partial charge is 0.353 e. The molecule has 1 N–H and O–H groups in total. The van der Waals surface area contributed by atoms with E-state index in [4.69, 9.17) is 16.6 Å². The van der Waals surface area contributed by atoms with Crippen LogP contribution in [0.2, 0.25) is 5.02 Å². The average Bonchev–Trinajstić information content (AvgIpc) is 3.31. The van der Waals surface area contributed by atoms with Crippen molar-refractivity contribution in [1.82, 2.24) is 25.0 Å². The quantitative estimate of drug-likeness (QED) is 0.411. The van der Waals surface area contributed by atoms with Crippen molar-refractivity contribution >= 4 is 41.5 Å². The third kappa shape index (κ3) is 5.57. The Morgan fingerprint density at radius 1 is 1.40 bits per heavy atom. The lowest BCUT2D eigenvalue weighted by Gasteiger charge is -2.22. The standard InChI is InChI=1S/C17H23ClN6.HI/c1-12-21-22-16(24(12)3)10-19-17(20-15-7-8-15)23(2)11-13-5-4-6-14(18)9-13;/h4-6,9,15H,7-8,10-11H2,1-3H3,(H,19,20);1H. The highest BCUT2D eigenvalue weighted by Crippen LogP contribution is 2.19. The van der Waals surface area contributed by atoms with E-state index in [2.05, 4.69) is 26.5 Å². The molecule has 0 unspecified atom stereocenters. The molecule has 0 amide bonds. The Balaban J connectivity index is 0.00000225. The van der Waals surface area contributed by atoms with Crippen molar-refractivity contribution in [3.63, 3.8) is 0 Å². The van der Waals surface area contributed by atoms with E-state index in [9.17, 15) is 0 Å². The minimum atomic E-state index is 0. The van der Waals surface area contributed by atoms with Crippen LogP contribution in [0.5, 0.6) is 0 Å². The molecule has 6 nitrogen and oxygen atoms in total. The van der Waals surface area contributed by atoms with Gasteiger partial charge in [0.05, 0.1) is 0 Å². The van der Waals surface area contributed by atoms with E-state index in [1.807, 2.05) is 43.8 Å². The average molecular weight is 475 g/mol. The lowest BCUT2D eigenvalue weighted by Crippen LogP contribution is -2.39. The molecule has 8 heteroatoms. The third-order valence-electron chi connectivity index (χ3n) is 4.13. The minimum Gasteiger partial charge on any atom is -0.353 e. The first-order valence-corrected chi connectivity index (χ1v) is 8.52. The number of halogens is 2. The molecule has 0 saturated heterocycles. The van der Waals surface area contributed by atoms with Gasteiger partial charge in [0.25, 0.3) is 0 Å².